The van der Waals surface area contributed by atoms with E-state index in [4.69, 9.17) is 5.11 Å². The Kier molecular flexibility index (Phi) is 2.90. The van der Waals surface area contributed by atoms with Gasteiger partial charge in [0, 0.05) is 11.3 Å². The molecule has 0 amide bonds. The molecule has 0 aliphatic heterocycles. The monoisotopic (exact) mass is 268 g/mol. The van der Waals surface area contributed by atoms with Crippen LogP contribution in [0.4, 0.5) is 0 Å². The van der Waals surface area contributed by atoms with E-state index in [1.54, 1.807) is 6.33 Å². The van der Waals surface area contributed by atoms with Crippen LogP contribution in [0.5, 0.6) is 0 Å². The molecule has 3 aromatic rings. The summed E-state index contributed by atoms with van der Waals surface area (Å²) in [6.45, 7) is 1.82. The number of aromatic amines is 1. The SMILES string of the molecule is Cc1cc(-c2ccc3nc[nH]c3c2)nc(CC(=O)O)n1. The van der Waals surface area contributed by atoms with Crippen LogP contribution >= 0.6 is 0 Å². The molecule has 0 spiro atoms. The minimum Gasteiger partial charge on any atom is -0.481 e. The second kappa shape index (κ2) is 4.73. The molecule has 0 aliphatic rings. The summed E-state index contributed by atoms with van der Waals surface area (Å²) in [4.78, 5) is 26.4. The van der Waals surface area contributed by atoms with E-state index < -0.39 is 5.97 Å². The van der Waals surface area contributed by atoms with Gasteiger partial charge in [-0.15, -0.1) is 0 Å². The maximum Gasteiger partial charge on any atom is 0.311 e. The first-order chi connectivity index (χ1) is 9.61. The van der Waals surface area contributed by atoms with Gasteiger partial charge in [0.1, 0.15) is 12.2 Å². The largest absolute Gasteiger partial charge is 0.481 e. The van der Waals surface area contributed by atoms with Crippen molar-refractivity contribution in [1.29, 1.82) is 0 Å². The van der Waals surface area contributed by atoms with Gasteiger partial charge in [-0.3, -0.25) is 4.79 Å². The molecule has 1 aromatic carbocycles. The molecular formula is C14H12N4O2. The maximum absolute atomic E-state index is 10.8. The first-order valence-electron chi connectivity index (χ1n) is 6.12. The van der Waals surface area contributed by atoms with Gasteiger partial charge in [-0.1, -0.05) is 6.07 Å². The van der Waals surface area contributed by atoms with Crippen LogP contribution in [0.25, 0.3) is 22.3 Å². The number of fused-ring (bicyclic) bond motifs is 1. The third-order valence-corrected chi connectivity index (χ3v) is 2.93. The van der Waals surface area contributed by atoms with Crippen molar-refractivity contribution in [3.8, 4) is 11.3 Å². The third-order valence-electron chi connectivity index (χ3n) is 2.93. The molecule has 100 valence electrons. The Labute approximate surface area is 114 Å². The summed E-state index contributed by atoms with van der Waals surface area (Å²) < 4.78 is 0. The molecule has 0 aliphatic carbocycles. The molecule has 3 rings (SSSR count). The van der Waals surface area contributed by atoms with Gasteiger partial charge in [-0.05, 0) is 25.1 Å². The fourth-order valence-electron chi connectivity index (χ4n) is 2.09. The lowest BCUT2D eigenvalue weighted by atomic mass is 10.1. The lowest BCUT2D eigenvalue weighted by Crippen LogP contribution is -2.06. The number of carboxylic acid groups (broad SMARTS) is 1. The number of imidazole rings is 1. The standard InChI is InChI=1S/C14H12N4O2/c1-8-4-11(18-13(17-8)6-14(19)20)9-2-3-10-12(5-9)16-7-15-10/h2-5,7H,6H2,1H3,(H,15,16)(H,19,20). The number of nitrogens with one attached hydrogen (secondary N) is 1. The van der Waals surface area contributed by atoms with Crippen LogP contribution in [0, 0.1) is 6.92 Å². The first-order valence-corrected chi connectivity index (χ1v) is 6.12. The summed E-state index contributed by atoms with van der Waals surface area (Å²) in [6.07, 6.45) is 1.45. The first kappa shape index (κ1) is 12.3. The van der Waals surface area contributed by atoms with Crippen molar-refractivity contribution in [2.45, 2.75) is 13.3 Å². The summed E-state index contributed by atoms with van der Waals surface area (Å²) in [7, 11) is 0. The molecule has 0 radical (unpaired) electrons. The van der Waals surface area contributed by atoms with Crippen LogP contribution < -0.4 is 0 Å². The fourth-order valence-corrected chi connectivity index (χ4v) is 2.09. The van der Waals surface area contributed by atoms with Gasteiger partial charge in [-0.2, -0.15) is 0 Å². The predicted octanol–water partition coefficient (Wildman–Crippen LogP) is 1.96. The maximum atomic E-state index is 10.8. The van der Waals surface area contributed by atoms with Crippen molar-refractivity contribution < 1.29 is 9.90 Å². The molecule has 0 fully saturated rings. The van der Waals surface area contributed by atoms with Crippen LogP contribution in [-0.4, -0.2) is 31.0 Å². The number of aliphatic carboxylic acids is 1. The van der Waals surface area contributed by atoms with Gasteiger partial charge in [0.05, 0.1) is 23.1 Å². The number of carbonyl (C=O) groups is 1. The Morgan fingerprint density at radius 3 is 2.95 bits per heavy atom. The molecule has 2 N–H and O–H groups in total. The molecule has 0 bridgehead atoms. The molecule has 6 heteroatoms. The van der Waals surface area contributed by atoms with E-state index in [2.05, 4.69) is 19.9 Å². The summed E-state index contributed by atoms with van der Waals surface area (Å²) in [5.74, 6) is -0.622. The zero-order chi connectivity index (χ0) is 14.1. The van der Waals surface area contributed by atoms with E-state index >= 15 is 0 Å². The van der Waals surface area contributed by atoms with Gasteiger partial charge in [0.15, 0.2) is 0 Å². The van der Waals surface area contributed by atoms with Crippen molar-refractivity contribution in [2.24, 2.45) is 0 Å². The lowest BCUT2D eigenvalue weighted by molar-refractivity contribution is -0.136. The number of carboxylic acids is 1. The number of nitrogens with zero attached hydrogens (tertiary/aromatic N) is 3. The zero-order valence-corrected chi connectivity index (χ0v) is 10.8. The molecule has 6 nitrogen and oxygen atoms in total. The molecular weight excluding hydrogens is 256 g/mol. The third kappa shape index (κ3) is 2.35. The Bertz CT molecular complexity index is 795. The highest BCUT2D eigenvalue weighted by molar-refractivity contribution is 5.80. The highest BCUT2D eigenvalue weighted by Gasteiger charge is 2.09. The molecule has 0 saturated heterocycles. The van der Waals surface area contributed by atoms with E-state index in [9.17, 15) is 4.79 Å². The molecule has 0 saturated carbocycles. The van der Waals surface area contributed by atoms with Crippen LogP contribution in [-0.2, 0) is 11.2 Å². The van der Waals surface area contributed by atoms with Gasteiger partial charge in [-0.25, -0.2) is 15.0 Å². The van der Waals surface area contributed by atoms with Gasteiger partial charge >= 0.3 is 5.97 Å². The van der Waals surface area contributed by atoms with Crippen molar-refractivity contribution in [3.63, 3.8) is 0 Å². The zero-order valence-electron chi connectivity index (χ0n) is 10.8. The minimum absolute atomic E-state index is 0.180. The van der Waals surface area contributed by atoms with Crippen LogP contribution in [0.2, 0.25) is 0 Å². The van der Waals surface area contributed by atoms with Gasteiger partial charge in [0.25, 0.3) is 0 Å². The number of benzene rings is 1. The Morgan fingerprint density at radius 1 is 1.30 bits per heavy atom. The molecule has 2 aromatic heterocycles. The van der Waals surface area contributed by atoms with E-state index in [1.165, 1.54) is 0 Å². The Hall–Kier alpha value is -2.76. The second-order valence-corrected chi connectivity index (χ2v) is 4.52. The van der Waals surface area contributed by atoms with E-state index in [0.29, 0.717) is 11.5 Å². The normalized spacial score (nSPS) is 10.8. The van der Waals surface area contributed by atoms with Crippen LogP contribution in [0.1, 0.15) is 11.5 Å². The molecule has 0 atom stereocenters. The quantitative estimate of drug-likeness (QED) is 0.757. The van der Waals surface area contributed by atoms with Gasteiger partial charge < -0.3 is 10.1 Å². The minimum atomic E-state index is -0.939. The Balaban J connectivity index is 2.07. The highest BCUT2D eigenvalue weighted by atomic mass is 16.4. The number of H-pyrrole nitrogens is 1. The second-order valence-electron chi connectivity index (χ2n) is 4.52. The van der Waals surface area contributed by atoms with Crippen LogP contribution in [0.15, 0.2) is 30.6 Å². The smallest absolute Gasteiger partial charge is 0.311 e. The number of aryl methyl sites for hydroxylation is 1. The lowest BCUT2D eigenvalue weighted by Gasteiger charge is -2.05. The summed E-state index contributed by atoms with van der Waals surface area (Å²) >= 11 is 0. The summed E-state index contributed by atoms with van der Waals surface area (Å²) in [5.41, 5.74) is 4.16. The van der Waals surface area contributed by atoms with Crippen LogP contribution in [0.3, 0.4) is 0 Å². The predicted molar refractivity (Wildman–Crippen MR) is 73.2 cm³/mol. The summed E-state index contributed by atoms with van der Waals surface area (Å²) in [5, 5.41) is 8.84. The highest BCUT2D eigenvalue weighted by Crippen LogP contribution is 2.21. The molecule has 2 heterocycles. The number of hydrogen-bond acceptors (Lipinski definition) is 4. The average Bonchev–Trinajstić information content (AvgIpc) is 2.84. The number of rotatable bonds is 3. The van der Waals surface area contributed by atoms with Gasteiger partial charge in [0.2, 0.25) is 0 Å². The van der Waals surface area contributed by atoms with Crippen molar-refractivity contribution in [2.75, 3.05) is 0 Å². The van der Waals surface area contributed by atoms with Crippen molar-refractivity contribution >= 4 is 17.0 Å². The average molecular weight is 268 g/mol. The molecule has 0 unspecified atom stereocenters. The fraction of sp³-hybridized carbons (Fsp3) is 0.143. The molecule has 20 heavy (non-hydrogen) atoms. The Morgan fingerprint density at radius 2 is 2.15 bits per heavy atom. The van der Waals surface area contributed by atoms with E-state index in [1.807, 2.05) is 31.2 Å². The topological polar surface area (TPSA) is 91.8 Å². The van der Waals surface area contributed by atoms with E-state index in [-0.39, 0.29) is 6.42 Å². The van der Waals surface area contributed by atoms with Crippen molar-refractivity contribution in [1.82, 2.24) is 19.9 Å². The number of hydrogen-bond donors (Lipinski definition) is 2. The number of aromatic nitrogens is 4. The summed E-state index contributed by atoms with van der Waals surface area (Å²) in [6, 6.07) is 7.59. The van der Waals surface area contributed by atoms with E-state index in [0.717, 1.165) is 22.3 Å². The van der Waals surface area contributed by atoms with Crippen molar-refractivity contribution in [3.05, 3.63) is 42.1 Å².